The average Bonchev–Trinajstić information content (AvgIpc) is 2.75. The van der Waals surface area contributed by atoms with Gasteiger partial charge < -0.3 is 4.74 Å². The summed E-state index contributed by atoms with van der Waals surface area (Å²) in [5.74, 6) is 1.14. The van der Waals surface area contributed by atoms with Crippen LogP contribution in [0.2, 0.25) is 0 Å². The molecule has 0 atom stereocenters. The van der Waals surface area contributed by atoms with Gasteiger partial charge in [-0.1, -0.05) is 26.8 Å². The highest BCUT2D eigenvalue weighted by atomic mass is 16.5. The van der Waals surface area contributed by atoms with Crippen molar-refractivity contribution in [2.75, 3.05) is 0 Å². The first-order valence-electron chi connectivity index (χ1n) is 6.60. The van der Waals surface area contributed by atoms with Crippen LogP contribution >= 0.6 is 0 Å². The Kier molecular flexibility index (Phi) is 3.85. The predicted molar refractivity (Wildman–Crippen MR) is 78.0 cm³/mol. The fraction of sp³-hybridized carbons (Fsp3) is 0.400. The van der Waals surface area contributed by atoms with Crippen LogP contribution in [0.4, 0.5) is 0 Å². The fourth-order valence-electron chi connectivity index (χ4n) is 1.98. The fourth-order valence-corrected chi connectivity index (χ4v) is 1.98. The molecule has 0 fully saturated rings. The number of benzene rings is 1. The Balaban J connectivity index is 2.32. The van der Waals surface area contributed by atoms with E-state index in [0.717, 1.165) is 5.56 Å². The van der Waals surface area contributed by atoms with E-state index in [9.17, 15) is 4.79 Å². The van der Waals surface area contributed by atoms with Gasteiger partial charge in [-0.2, -0.15) is 10.4 Å². The second kappa shape index (κ2) is 5.44. The predicted octanol–water partition coefficient (Wildman–Crippen LogP) is 1.86. The number of nitriles is 1. The largest absolute Gasteiger partial charge is 0.485 e. The van der Waals surface area contributed by atoms with Gasteiger partial charge in [0.2, 0.25) is 0 Å². The van der Waals surface area contributed by atoms with Crippen LogP contribution in [-0.2, 0) is 19.1 Å². The molecule has 6 heteroatoms. The van der Waals surface area contributed by atoms with Crippen LogP contribution in [-0.4, -0.2) is 14.8 Å². The Bertz CT molecular complexity index is 744. The van der Waals surface area contributed by atoms with Gasteiger partial charge in [0.15, 0.2) is 5.82 Å². The first kappa shape index (κ1) is 14.9. The van der Waals surface area contributed by atoms with Gasteiger partial charge in [-0.15, -0.1) is 0 Å². The molecule has 21 heavy (non-hydrogen) atoms. The number of aromatic nitrogens is 3. The quantitative estimate of drug-likeness (QED) is 0.933. The monoisotopic (exact) mass is 286 g/mol. The Hall–Kier alpha value is -2.55. The van der Waals surface area contributed by atoms with Crippen molar-refractivity contribution in [1.82, 2.24) is 14.8 Å². The molecule has 0 bridgehead atoms. The molecular formula is C15H18N4O2. The van der Waals surface area contributed by atoms with Crippen molar-refractivity contribution in [3.63, 3.8) is 0 Å². The highest BCUT2D eigenvalue weighted by Gasteiger charge is 2.20. The molecule has 1 aromatic carbocycles. The molecular weight excluding hydrogens is 268 g/mol. The lowest BCUT2D eigenvalue weighted by atomic mass is 9.86. The van der Waals surface area contributed by atoms with Gasteiger partial charge in [-0.05, 0) is 23.1 Å². The molecule has 2 rings (SSSR count). The van der Waals surface area contributed by atoms with Crippen molar-refractivity contribution < 1.29 is 4.74 Å². The van der Waals surface area contributed by atoms with E-state index in [1.54, 1.807) is 19.2 Å². The normalized spacial score (nSPS) is 11.2. The third-order valence-corrected chi connectivity index (χ3v) is 3.25. The zero-order chi connectivity index (χ0) is 15.6. The van der Waals surface area contributed by atoms with Crippen molar-refractivity contribution >= 4 is 0 Å². The Morgan fingerprint density at radius 1 is 1.43 bits per heavy atom. The third kappa shape index (κ3) is 3.14. The van der Waals surface area contributed by atoms with Gasteiger partial charge in [0.05, 0.1) is 11.6 Å². The number of ether oxygens (including phenoxy) is 1. The van der Waals surface area contributed by atoms with E-state index in [4.69, 9.17) is 10.00 Å². The van der Waals surface area contributed by atoms with Gasteiger partial charge >= 0.3 is 5.69 Å². The lowest BCUT2D eigenvalue weighted by Gasteiger charge is -2.22. The van der Waals surface area contributed by atoms with E-state index in [2.05, 4.69) is 37.0 Å². The lowest BCUT2D eigenvalue weighted by Crippen LogP contribution is -2.17. The summed E-state index contributed by atoms with van der Waals surface area (Å²) >= 11 is 0. The smallest absolute Gasteiger partial charge is 0.343 e. The minimum Gasteiger partial charge on any atom is -0.485 e. The summed E-state index contributed by atoms with van der Waals surface area (Å²) in [5, 5.41) is 15.3. The Morgan fingerprint density at radius 3 is 2.67 bits per heavy atom. The van der Waals surface area contributed by atoms with Crippen molar-refractivity contribution in [3.05, 3.63) is 45.6 Å². The van der Waals surface area contributed by atoms with Gasteiger partial charge in [0, 0.05) is 7.05 Å². The van der Waals surface area contributed by atoms with Crippen LogP contribution in [0.1, 0.15) is 37.7 Å². The summed E-state index contributed by atoms with van der Waals surface area (Å²) in [5.41, 5.74) is 1.15. The first-order chi connectivity index (χ1) is 9.82. The molecule has 0 amide bonds. The highest BCUT2D eigenvalue weighted by molar-refractivity contribution is 5.45. The maximum Gasteiger partial charge on any atom is 0.343 e. The standard InChI is InChI=1S/C15H18N4O2/c1-15(2,3)11-6-5-10(8-16)7-12(11)21-9-13-17-18-14(20)19(13)4/h5-7H,9H2,1-4H3,(H,18,20). The van der Waals surface area contributed by atoms with Crippen molar-refractivity contribution in [1.29, 1.82) is 5.26 Å². The van der Waals surface area contributed by atoms with E-state index in [-0.39, 0.29) is 17.7 Å². The molecule has 0 saturated heterocycles. The van der Waals surface area contributed by atoms with Crippen LogP contribution in [0.15, 0.2) is 23.0 Å². The SMILES string of the molecule is Cn1c(COc2cc(C#N)ccc2C(C)(C)C)n[nH]c1=O. The van der Waals surface area contributed by atoms with E-state index < -0.39 is 0 Å². The second-order valence-corrected chi connectivity index (χ2v) is 5.87. The van der Waals surface area contributed by atoms with Crippen molar-refractivity contribution in [2.45, 2.75) is 32.8 Å². The Labute approximate surface area is 123 Å². The minimum absolute atomic E-state index is 0.110. The number of rotatable bonds is 3. The number of hydrogen-bond acceptors (Lipinski definition) is 4. The summed E-state index contributed by atoms with van der Waals surface area (Å²) in [6.45, 7) is 6.38. The van der Waals surface area contributed by atoms with Crippen molar-refractivity contribution in [2.24, 2.45) is 7.05 Å². The van der Waals surface area contributed by atoms with Crippen LogP contribution in [0.25, 0.3) is 0 Å². The Morgan fingerprint density at radius 2 is 2.14 bits per heavy atom. The number of nitrogens with one attached hydrogen (secondary N) is 1. The van der Waals surface area contributed by atoms with Crippen LogP contribution in [0.3, 0.4) is 0 Å². The molecule has 0 radical (unpaired) electrons. The lowest BCUT2D eigenvalue weighted by molar-refractivity contribution is 0.283. The van der Waals surface area contributed by atoms with Gasteiger partial charge in [-0.25, -0.2) is 9.89 Å². The molecule has 0 aliphatic carbocycles. The number of nitrogens with zero attached hydrogens (tertiary/aromatic N) is 3. The molecule has 0 spiro atoms. The summed E-state index contributed by atoms with van der Waals surface area (Å²) in [4.78, 5) is 11.3. The topological polar surface area (TPSA) is 83.7 Å². The molecule has 0 aliphatic rings. The number of hydrogen-bond donors (Lipinski definition) is 1. The molecule has 2 aromatic rings. The zero-order valence-corrected chi connectivity index (χ0v) is 12.6. The van der Waals surface area contributed by atoms with E-state index in [1.807, 2.05) is 6.07 Å². The van der Waals surface area contributed by atoms with Crippen molar-refractivity contribution in [3.8, 4) is 11.8 Å². The highest BCUT2D eigenvalue weighted by Crippen LogP contribution is 2.32. The van der Waals surface area contributed by atoms with Gasteiger partial charge in [0.25, 0.3) is 0 Å². The van der Waals surface area contributed by atoms with E-state index in [1.165, 1.54) is 4.57 Å². The van der Waals surface area contributed by atoms with Crippen LogP contribution < -0.4 is 10.4 Å². The van der Waals surface area contributed by atoms with Gasteiger partial charge in [-0.3, -0.25) is 4.57 Å². The van der Waals surface area contributed by atoms with E-state index >= 15 is 0 Å². The molecule has 0 saturated carbocycles. The number of aromatic amines is 1. The molecule has 1 heterocycles. The zero-order valence-electron chi connectivity index (χ0n) is 12.6. The number of H-pyrrole nitrogens is 1. The summed E-state index contributed by atoms with van der Waals surface area (Å²) in [6, 6.07) is 7.49. The second-order valence-electron chi connectivity index (χ2n) is 5.87. The maximum atomic E-state index is 11.3. The van der Waals surface area contributed by atoms with E-state index in [0.29, 0.717) is 17.1 Å². The molecule has 0 aliphatic heterocycles. The molecule has 0 unspecified atom stereocenters. The molecule has 1 N–H and O–H groups in total. The van der Waals surface area contributed by atoms with Crippen LogP contribution in [0, 0.1) is 11.3 Å². The minimum atomic E-state index is -0.282. The third-order valence-electron chi connectivity index (χ3n) is 3.25. The maximum absolute atomic E-state index is 11.3. The summed E-state index contributed by atoms with van der Waals surface area (Å²) < 4.78 is 7.19. The molecule has 6 nitrogen and oxygen atoms in total. The average molecular weight is 286 g/mol. The van der Waals surface area contributed by atoms with Gasteiger partial charge in [0.1, 0.15) is 12.4 Å². The molecule has 110 valence electrons. The molecule has 1 aromatic heterocycles. The van der Waals surface area contributed by atoms with Crippen LogP contribution in [0.5, 0.6) is 5.75 Å². The summed E-state index contributed by atoms with van der Waals surface area (Å²) in [7, 11) is 1.63. The first-order valence-corrected chi connectivity index (χ1v) is 6.60. The summed E-state index contributed by atoms with van der Waals surface area (Å²) in [6.07, 6.45) is 0.